The van der Waals surface area contributed by atoms with Crippen molar-refractivity contribution in [2.45, 2.75) is 108 Å². The fourth-order valence-electron chi connectivity index (χ4n) is 7.34. The molecular weight excluding hydrogens is 901 g/mol. The molecule has 13 nitrogen and oxygen atoms in total. The number of anilines is 2. The Balaban J connectivity index is 1.41. The summed E-state index contributed by atoms with van der Waals surface area (Å²) in [6.07, 6.45) is 12.5. The molecule has 2 heterocycles. The number of para-hydroxylation sites is 2. The highest BCUT2D eigenvalue weighted by molar-refractivity contribution is 7.92. The molecule has 0 radical (unpaired) electrons. The van der Waals surface area contributed by atoms with Crippen LogP contribution in [0.25, 0.3) is 16.6 Å². The van der Waals surface area contributed by atoms with E-state index in [-0.39, 0.29) is 72.6 Å². The lowest BCUT2D eigenvalue weighted by Gasteiger charge is -2.23. The molecule has 0 bridgehead atoms. The van der Waals surface area contributed by atoms with Gasteiger partial charge >= 0.3 is 5.76 Å². The Kier molecular flexibility index (Phi) is 17.0. The predicted molar refractivity (Wildman–Crippen MR) is 253 cm³/mol. The zero-order valence-corrected chi connectivity index (χ0v) is 38.8. The first-order chi connectivity index (χ1) is 30.8. The van der Waals surface area contributed by atoms with Crippen molar-refractivity contribution in [2.75, 3.05) is 16.6 Å². The van der Waals surface area contributed by atoms with Crippen LogP contribution in [0.2, 0.25) is 15.1 Å². The maximum atomic E-state index is 15.1. The van der Waals surface area contributed by atoms with Crippen molar-refractivity contribution in [2.24, 2.45) is 0 Å². The monoisotopic (exact) mass is 951 g/mol. The standard InChI is InChI=1S/C47H52Cl3N5O8S/c1-3-5-7-8-9-10-11-12-13-19-27-62-40-26-25-32(64(60,61)53-38-30-35(49)34(48)29-36(38)50)28-39(40)52-44(56)42(55-46(58)41(24-6-4-2)63-47(55)59)43-51-37-23-18-17-22-33(37)45(57)54(43)31-20-15-14-16-21-31/h14-18,20-23,25-26,28-30,42,53,58H,3-13,19,24,27H2,1-2H3,(H,52,56). The Morgan fingerprint density at radius 3 is 2.12 bits per heavy atom. The molecule has 17 heteroatoms. The van der Waals surface area contributed by atoms with Gasteiger partial charge in [0.1, 0.15) is 11.6 Å². The first kappa shape index (κ1) is 48.2. The molecule has 6 aromatic rings. The molecule has 1 amide bonds. The summed E-state index contributed by atoms with van der Waals surface area (Å²) in [6.45, 7) is 4.38. The molecule has 1 unspecified atom stereocenters. The van der Waals surface area contributed by atoms with Crippen LogP contribution in [0.15, 0.2) is 104 Å². The minimum Gasteiger partial charge on any atom is -0.492 e. The molecule has 3 N–H and O–H groups in total. The highest BCUT2D eigenvalue weighted by Crippen LogP contribution is 2.36. The maximum Gasteiger partial charge on any atom is 0.423 e. The summed E-state index contributed by atoms with van der Waals surface area (Å²) < 4.78 is 44.0. The molecule has 340 valence electrons. The largest absolute Gasteiger partial charge is 0.492 e. The van der Waals surface area contributed by atoms with Crippen molar-refractivity contribution in [1.82, 2.24) is 14.1 Å². The van der Waals surface area contributed by atoms with Gasteiger partial charge in [-0.15, -0.1) is 0 Å². The molecular formula is C47H52Cl3N5O8S. The number of unbranched alkanes of at least 4 members (excludes halogenated alkanes) is 10. The number of oxazole rings is 1. The third-order valence-corrected chi connectivity index (χ3v) is 13.1. The SMILES string of the molecule is CCCCCCCCCCCCOc1ccc(S(=O)(=O)Nc2cc(Cl)c(Cl)cc2Cl)cc1NC(=O)C(c1nc2ccccc2c(=O)n1-c1ccccc1)n1c(O)c(CCCC)oc1=O. The number of nitrogens with zero attached hydrogens (tertiary/aromatic N) is 3. The highest BCUT2D eigenvalue weighted by atomic mass is 35.5. The van der Waals surface area contributed by atoms with E-state index < -0.39 is 39.2 Å². The van der Waals surface area contributed by atoms with Gasteiger partial charge in [0.05, 0.1) is 54.5 Å². The van der Waals surface area contributed by atoms with Gasteiger partial charge in [-0.25, -0.2) is 22.8 Å². The molecule has 0 saturated heterocycles. The van der Waals surface area contributed by atoms with Crippen molar-refractivity contribution in [1.29, 1.82) is 0 Å². The Labute approximate surface area is 387 Å². The number of rotatable bonds is 23. The van der Waals surface area contributed by atoms with Gasteiger partial charge in [0.15, 0.2) is 11.8 Å². The second kappa shape index (κ2) is 22.6. The number of carbonyl (C=O) groups excluding carboxylic acids is 1. The second-order valence-electron chi connectivity index (χ2n) is 15.5. The molecule has 0 fully saturated rings. The van der Waals surface area contributed by atoms with E-state index in [0.29, 0.717) is 24.9 Å². The fourth-order valence-corrected chi connectivity index (χ4v) is 9.08. The highest BCUT2D eigenvalue weighted by Gasteiger charge is 2.36. The first-order valence-corrected chi connectivity index (χ1v) is 24.2. The number of aromatic nitrogens is 3. The van der Waals surface area contributed by atoms with Crippen LogP contribution in [0, 0.1) is 0 Å². The van der Waals surface area contributed by atoms with Gasteiger partial charge in [0.25, 0.3) is 21.5 Å². The average molecular weight is 953 g/mol. The van der Waals surface area contributed by atoms with Crippen LogP contribution < -0.4 is 26.1 Å². The average Bonchev–Trinajstić information content (AvgIpc) is 3.55. The number of fused-ring (bicyclic) bond motifs is 1. The van der Waals surface area contributed by atoms with E-state index in [9.17, 15) is 23.1 Å². The van der Waals surface area contributed by atoms with E-state index >= 15 is 4.79 Å². The molecule has 0 saturated carbocycles. The van der Waals surface area contributed by atoms with E-state index in [2.05, 4.69) is 17.0 Å². The van der Waals surface area contributed by atoms with Crippen LogP contribution in [0.4, 0.5) is 11.4 Å². The van der Waals surface area contributed by atoms with Crippen LogP contribution in [0.1, 0.15) is 109 Å². The molecule has 6 rings (SSSR count). The van der Waals surface area contributed by atoms with Gasteiger partial charge in [0, 0.05) is 6.42 Å². The lowest BCUT2D eigenvalue weighted by molar-refractivity contribution is -0.118. The molecule has 0 spiro atoms. The number of hydrogen-bond donors (Lipinski definition) is 3. The van der Waals surface area contributed by atoms with Crippen molar-refractivity contribution >= 4 is 73.0 Å². The molecule has 4 aromatic carbocycles. The Hall–Kier alpha value is -5.28. The number of ether oxygens (including phenoxy) is 1. The van der Waals surface area contributed by atoms with E-state index in [1.54, 1.807) is 54.6 Å². The lowest BCUT2D eigenvalue weighted by atomic mass is 10.1. The molecule has 1 atom stereocenters. The summed E-state index contributed by atoms with van der Waals surface area (Å²) in [6, 6.07) is 19.6. The minimum atomic E-state index is -4.41. The van der Waals surface area contributed by atoms with Crippen molar-refractivity contribution in [3.05, 3.63) is 132 Å². The Morgan fingerprint density at radius 2 is 1.42 bits per heavy atom. The van der Waals surface area contributed by atoms with Gasteiger partial charge in [-0.2, -0.15) is 0 Å². The van der Waals surface area contributed by atoms with Crippen LogP contribution in [-0.2, 0) is 21.2 Å². The normalized spacial score (nSPS) is 12.1. The summed E-state index contributed by atoms with van der Waals surface area (Å²) in [4.78, 5) is 47.8. The topological polar surface area (TPSA) is 175 Å². The van der Waals surface area contributed by atoms with Gasteiger partial charge in [-0.1, -0.05) is 143 Å². The third kappa shape index (κ3) is 11.7. The number of hydrogen-bond acceptors (Lipinski definition) is 9. The molecule has 0 aliphatic carbocycles. The van der Waals surface area contributed by atoms with Crippen molar-refractivity contribution in [3.8, 4) is 17.3 Å². The minimum absolute atomic E-state index is 0.0122. The number of nitrogens with one attached hydrogen (secondary N) is 2. The van der Waals surface area contributed by atoms with Gasteiger partial charge in [-0.05, 0) is 67.4 Å². The van der Waals surface area contributed by atoms with E-state index in [4.69, 9.17) is 48.9 Å². The molecule has 0 aliphatic heterocycles. The third-order valence-electron chi connectivity index (χ3n) is 10.7. The fraction of sp³-hybridized carbons (Fsp3) is 0.362. The van der Waals surface area contributed by atoms with Gasteiger partial charge in [0.2, 0.25) is 5.88 Å². The number of amides is 1. The second-order valence-corrected chi connectivity index (χ2v) is 18.4. The summed E-state index contributed by atoms with van der Waals surface area (Å²) in [5.74, 6) is -2.86. The van der Waals surface area contributed by atoms with Crippen LogP contribution in [0.3, 0.4) is 0 Å². The lowest BCUT2D eigenvalue weighted by Crippen LogP contribution is -2.37. The smallest absolute Gasteiger partial charge is 0.423 e. The summed E-state index contributed by atoms with van der Waals surface area (Å²) in [7, 11) is -4.41. The van der Waals surface area contributed by atoms with Crippen LogP contribution >= 0.6 is 34.8 Å². The number of aryl methyl sites for hydroxylation is 1. The summed E-state index contributed by atoms with van der Waals surface area (Å²) in [5, 5.41) is 14.8. The number of benzene rings is 4. The zero-order valence-electron chi connectivity index (χ0n) is 35.7. The Morgan fingerprint density at radius 1 is 0.781 bits per heavy atom. The number of sulfonamides is 1. The quantitative estimate of drug-likeness (QED) is 0.0417. The molecule has 0 aliphatic rings. The maximum absolute atomic E-state index is 15.1. The molecule has 2 aromatic heterocycles. The summed E-state index contributed by atoms with van der Waals surface area (Å²) >= 11 is 18.6. The van der Waals surface area contributed by atoms with E-state index in [1.807, 2.05) is 6.92 Å². The first-order valence-electron chi connectivity index (χ1n) is 21.6. The van der Waals surface area contributed by atoms with Gasteiger partial charge < -0.3 is 19.6 Å². The van der Waals surface area contributed by atoms with Crippen molar-refractivity contribution in [3.63, 3.8) is 0 Å². The zero-order chi connectivity index (χ0) is 45.8. The van der Waals surface area contributed by atoms with Crippen LogP contribution in [0.5, 0.6) is 11.6 Å². The number of carbonyl (C=O) groups is 1. The summed E-state index contributed by atoms with van der Waals surface area (Å²) in [5.41, 5.74) is -0.149. The van der Waals surface area contributed by atoms with Crippen molar-refractivity contribution < 1.29 is 27.5 Å². The number of aromatic hydroxyl groups is 1. The predicted octanol–water partition coefficient (Wildman–Crippen LogP) is 11.5. The van der Waals surface area contributed by atoms with Crippen LogP contribution in [-0.4, -0.2) is 40.2 Å². The van der Waals surface area contributed by atoms with E-state index in [1.165, 1.54) is 73.4 Å². The Bertz CT molecular complexity index is 2790. The van der Waals surface area contributed by atoms with Gasteiger partial charge in [-0.3, -0.25) is 18.9 Å². The molecule has 64 heavy (non-hydrogen) atoms. The van der Waals surface area contributed by atoms with E-state index in [0.717, 1.165) is 23.8 Å². The number of halogens is 3.